The van der Waals surface area contributed by atoms with Crippen molar-refractivity contribution in [3.63, 3.8) is 0 Å². The van der Waals surface area contributed by atoms with Gasteiger partial charge in [0.15, 0.2) is 0 Å². The fraction of sp³-hybridized carbons (Fsp3) is 0.700. The van der Waals surface area contributed by atoms with Crippen molar-refractivity contribution in [1.29, 1.82) is 0 Å². The highest BCUT2D eigenvalue weighted by atomic mass is 16.6. The Labute approximate surface area is 149 Å². The third kappa shape index (κ3) is 3.72. The summed E-state index contributed by atoms with van der Waals surface area (Å²) in [6.07, 6.45) is 6.81. The molecule has 0 amide bonds. The molecule has 6 atom stereocenters. The first-order chi connectivity index (χ1) is 11.9. The summed E-state index contributed by atoms with van der Waals surface area (Å²) in [5.74, 6) is -1.32. The minimum absolute atomic E-state index is 0.0115. The Balaban J connectivity index is 1.90. The van der Waals surface area contributed by atoms with Crippen molar-refractivity contribution in [2.75, 3.05) is 6.61 Å². The molecule has 0 radical (unpaired) electrons. The van der Waals surface area contributed by atoms with E-state index in [4.69, 9.17) is 9.47 Å². The topological polar surface area (TPSA) is 76.1 Å². The van der Waals surface area contributed by atoms with Gasteiger partial charge < -0.3 is 14.6 Å². The van der Waals surface area contributed by atoms with Crippen molar-refractivity contribution in [1.82, 2.24) is 0 Å². The van der Waals surface area contributed by atoms with Crippen LogP contribution >= 0.6 is 0 Å². The van der Waals surface area contributed by atoms with Crippen LogP contribution in [-0.2, 0) is 19.1 Å². The molecule has 0 aromatic carbocycles. The van der Waals surface area contributed by atoms with E-state index in [1.54, 1.807) is 6.08 Å². The van der Waals surface area contributed by atoms with E-state index in [1.807, 2.05) is 6.92 Å². The average Bonchev–Trinajstić information content (AvgIpc) is 3.17. The molecule has 0 unspecified atom stereocenters. The maximum absolute atomic E-state index is 12.4. The zero-order valence-corrected chi connectivity index (χ0v) is 15.2. The van der Waals surface area contributed by atoms with Gasteiger partial charge in [-0.05, 0) is 46.0 Å². The molecule has 3 aliphatic rings. The van der Waals surface area contributed by atoms with Gasteiger partial charge in [0.1, 0.15) is 6.29 Å². The van der Waals surface area contributed by atoms with E-state index < -0.39 is 12.0 Å². The lowest BCUT2D eigenvalue weighted by atomic mass is 9.70. The molecule has 0 aromatic heterocycles. The van der Waals surface area contributed by atoms with Gasteiger partial charge in [-0.3, -0.25) is 9.59 Å². The molecular weight excluding hydrogens is 320 g/mol. The van der Waals surface area contributed by atoms with Crippen LogP contribution in [0.4, 0.5) is 0 Å². The Kier molecular flexibility index (Phi) is 5.16. The maximum atomic E-state index is 12.4. The summed E-state index contributed by atoms with van der Waals surface area (Å²) in [5.41, 5.74) is 1.32. The summed E-state index contributed by atoms with van der Waals surface area (Å²) < 4.78 is 11.1. The number of cyclic esters (lactones) is 1. The summed E-state index contributed by atoms with van der Waals surface area (Å²) in [4.78, 5) is 24.1. The van der Waals surface area contributed by atoms with Crippen LogP contribution in [0.2, 0.25) is 0 Å². The summed E-state index contributed by atoms with van der Waals surface area (Å²) >= 11 is 0. The van der Waals surface area contributed by atoms with Gasteiger partial charge in [0.25, 0.3) is 0 Å². The van der Waals surface area contributed by atoms with Crippen LogP contribution in [0.25, 0.3) is 0 Å². The predicted octanol–water partition coefficient (Wildman–Crippen LogP) is 2.58. The number of epoxide rings is 1. The average molecular weight is 348 g/mol. The molecule has 2 aliphatic heterocycles. The van der Waals surface area contributed by atoms with Crippen LogP contribution in [0.3, 0.4) is 0 Å². The third-order valence-electron chi connectivity index (χ3n) is 5.87. The van der Waals surface area contributed by atoms with Crippen LogP contribution in [0.5, 0.6) is 0 Å². The number of carbonyl (C=O) groups is 2. The molecule has 0 saturated carbocycles. The van der Waals surface area contributed by atoms with E-state index in [2.05, 4.69) is 19.9 Å². The van der Waals surface area contributed by atoms with Gasteiger partial charge in [-0.15, -0.1) is 0 Å². The number of hydrogen-bond donors (Lipinski definition) is 1. The minimum Gasteiger partial charge on any atom is -0.465 e. The Morgan fingerprint density at radius 3 is 2.88 bits per heavy atom. The predicted molar refractivity (Wildman–Crippen MR) is 92.8 cm³/mol. The minimum atomic E-state index is -0.689. The molecule has 138 valence electrons. The Morgan fingerprint density at radius 2 is 2.20 bits per heavy atom. The molecule has 2 heterocycles. The van der Waals surface area contributed by atoms with Gasteiger partial charge in [-0.2, -0.15) is 0 Å². The van der Waals surface area contributed by atoms with Crippen molar-refractivity contribution < 1.29 is 24.2 Å². The molecule has 1 N–H and O–H groups in total. The van der Waals surface area contributed by atoms with E-state index in [0.29, 0.717) is 25.0 Å². The van der Waals surface area contributed by atoms with E-state index in [0.717, 1.165) is 19.1 Å². The van der Waals surface area contributed by atoms with E-state index in [1.165, 1.54) is 5.57 Å². The third-order valence-corrected chi connectivity index (χ3v) is 5.87. The van der Waals surface area contributed by atoms with E-state index >= 15 is 0 Å². The standard InChI is InChI=1S/C20H28O5/c1-12(2)5-4-6-14-11-24-19(23)18-13(10-21)7-8-16-20(3,25-16)9-15(22)17(14)18/h5,7,10,14-18,22H,4,6,8-9,11H2,1-3H3/b13-7-/t14-,15+,16+,17+,18+,20+/m1/s1. The molecule has 2 saturated heterocycles. The first-order valence-electron chi connectivity index (χ1n) is 9.17. The van der Waals surface area contributed by atoms with Gasteiger partial charge in [-0.1, -0.05) is 17.7 Å². The highest BCUT2D eigenvalue weighted by Crippen LogP contribution is 2.48. The first kappa shape index (κ1) is 18.3. The summed E-state index contributed by atoms with van der Waals surface area (Å²) in [7, 11) is 0. The van der Waals surface area contributed by atoms with Crippen molar-refractivity contribution in [3.8, 4) is 0 Å². The van der Waals surface area contributed by atoms with Crippen molar-refractivity contribution in [2.45, 2.75) is 64.3 Å². The largest absolute Gasteiger partial charge is 0.465 e. The molecule has 0 spiro atoms. The van der Waals surface area contributed by atoms with Crippen LogP contribution in [-0.4, -0.2) is 41.8 Å². The number of aliphatic hydroxyl groups excluding tert-OH is 1. The molecule has 0 aromatic rings. The van der Waals surface area contributed by atoms with Gasteiger partial charge in [-0.25, -0.2) is 0 Å². The van der Waals surface area contributed by atoms with Crippen LogP contribution in [0.1, 0.15) is 46.5 Å². The van der Waals surface area contributed by atoms with Crippen LogP contribution in [0, 0.1) is 17.8 Å². The van der Waals surface area contributed by atoms with Crippen molar-refractivity contribution in [2.24, 2.45) is 17.8 Å². The number of allylic oxidation sites excluding steroid dienone is 2. The molecule has 5 nitrogen and oxygen atoms in total. The SMILES string of the molecule is CC(C)=CCC[C@@H]1COC(=O)[C@H]2/C(C=O)=C\C[C@@H]3O[C@@]3(C)C[C@H](O)[C@H]12. The summed E-state index contributed by atoms with van der Waals surface area (Å²) in [6, 6.07) is 0. The smallest absolute Gasteiger partial charge is 0.313 e. The molecular formula is C20H28O5. The molecule has 3 rings (SSSR count). The Bertz CT molecular complexity index is 603. The summed E-state index contributed by atoms with van der Waals surface area (Å²) in [5, 5.41) is 11.0. The number of carbonyl (C=O) groups excluding carboxylic acids is 2. The van der Waals surface area contributed by atoms with Crippen LogP contribution < -0.4 is 0 Å². The zero-order chi connectivity index (χ0) is 18.2. The first-order valence-corrected chi connectivity index (χ1v) is 9.17. The van der Waals surface area contributed by atoms with E-state index in [-0.39, 0.29) is 29.5 Å². The lowest BCUT2D eigenvalue weighted by molar-refractivity contribution is -0.165. The number of ether oxygens (including phenoxy) is 2. The zero-order valence-electron chi connectivity index (χ0n) is 15.2. The fourth-order valence-electron chi connectivity index (χ4n) is 4.39. The highest BCUT2D eigenvalue weighted by Gasteiger charge is 2.56. The molecule has 1 aliphatic carbocycles. The number of aldehydes is 1. The van der Waals surface area contributed by atoms with Crippen molar-refractivity contribution in [3.05, 3.63) is 23.3 Å². The number of esters is 1. The second-order valence-corrected chi connectivity index (χ2v) is 8.05. The van der Waals surface area contributed by atoms with Crippen molar-refractivity contribution >= 4 is 12.3 Å². The van der Waals surface area contributed by atoms with Gasteiger partial charge in [0.05, 0.1) is 30.3 Å². The Hall–Kier alpha value is -1.46. The quantitative estimate of drug-likeness (QED) is 0.366. The molecule has 2 fully saturated rings. The monoisotopic (exact) mass is 348 g/mol. The second-order valence-electron chi connectivity index (χ2n) is 8.05. The van der Waals surface area contributed by atoms with Gasteiger partial charge in [0, 0.05) is 17.9 Å². The fourth-order valence-corrected chi connectivity index (χ4v) is 4.39. The second kappa shape index (κ2) is 7.04. The molecule has 0 bridgehead atoms. The number of fused-ring (bicyclic) bond motifs is 2. The van der Waals surface area contributed by atoms with Gasteiger partial charge in [0.2, 0.25) is 0 Å². The van der Waals surface area contributed by atoms with E-state index in [9.17, 15) is 14.7 Å². The number of hydrogen-bond acceptors (Lipinski definition) is 5. The lowest BCUT2D eigenvalue weighted by Crippen LogP contribution is -2.47. The highest BCUT2D eigenvalue weighted by molar-refractivity contribution is 5.88. The maximum Gasteiger partial charge on any atom is 0.313 e. The van der Waals surface area contributed by atoms with Crippen LogP contribution in [0.15, 0.2) is 23.3 Å². The number of rotatable bonds is 4. The Morgan fingerprint density at radius 1 is 1.44 bits per heavy atom. The normalized spacial score (nSPS) is 42.3. The molecule has 25 heavy (non-hydrogen) atoms. The lowest BCUT2D eigenvalue weighted by Gasteiger charge is -2.40. The molecule has 5 heteroatoms. The summed E-state index contributed by atoms with van der Waals surface area (Å²) in [6.45, 7) is 6.41. The van der Waals surface area contributed by atoms with Gasteiger partial charge >= 0.3 is 5.97 Å². The number of aliphatic hydroxyl groups is 1.